The van der Waals surface area contributed by atoms with Crippen LogP contribution in [0.15, 0.2) is 21.5 Å². The van der Waals surface area contributed by atoms with E-state index < -0.39 is 10.0 Å². The van der Waals surface area contributed by atoms with E-state index in [1.807, 2.05) is 7.05 Å². The van der Waals surface area contributed by atoms with E-state index >= 15 is 0 Å². The molecule has 0 aliphatic carbocycles. The van der Waals surface area contributed by atoms with Crippen molar-refractivity contribution in [1.29, 1.82) is 0 Å². The molecular formula is C10H13BrCl2N2O2S. The van der Waals surface area contributed by atoms with Crippen LogP contribution in [-0.4, -0.2) is 28.6 Å². The van der Waals surface area contributed by atoms with Crippen molar-refractivity contribution in [2.75, 3.05) is 20.1 Å². The zero-order valence-electron chi connectivity index (χ0n) is 9.63. The molecule has 102 valence electrons. The lowest BCUT2D eigenvalue weighted by Crippen LogP contribution is -2.27. The first-order chi connectivity index (χ1) is 8.38. The summed E-state index contributed by atoms with van der Waals surface area (Å²) < 4.78 is 27.0. The number of hydrogen-bond acceptors (Lipinski definition) is 3. The average molecular weight is 376 g/mol. The fourth-order valence-electron chi connectivity index (χ4n) is 1.26. The smallest absolute Gasteiger partial charge is 0.242 e. The molecule has 0 spiro atoms. The highest BCUT2D eigenvalue weighted by atomic mass is 79.9. The predicted octanol–water partition coefficient (Wildman–Crippen LogP) is 2.64. The van der Waals surface area contributed by atoms with Gasteiger partial charge in [0.1, 0.15) is 4.90 Å². The van der Waals surface area contributed by atoms with E-state index in [0.29, 0.717) is 22.5 Å². The maximum Gasteiger partial charge on any atom is 0.242 e. The molecule has 0 bridgehead atoms. The van der Waals surface area contributed by atoms with Gasteiger partial charge in [-0.15, -0.1) is 0 Å². The first-order valence-corrected chi connectivity index (χ1v) is 8.20. The Hall–Kier alpha value is 0.150. The van der Waals surface area contributed by atoms with E-state index in [-0.39, 0.29) is 9.92 Å². The Balaban J connectivity index is 2.88. The van der Waals surface area contributed by atoms with Crippen LogP contribution in [0.4, 0.5) is 0 Å². The molecule has 8 heteroatoms. The van der Waals surface area contributed by atoms with Gasteiger partial charge in [-0.1, -0.05) is 23.2 Å². The first-order valence-electron chi connectivity index (χ1n) is 5.17. The molecule has 0 saturated heterocycles. The molecule has 0 radical (unpaired) electrons. The first kappa shape index (κ1) is 16.2. The highest BCUT2D eigenvalue weighted by Crippen LogP contribution is 2.31. The minimum atomic E-state index is -3.61. The number of halogens is 3. The summed E-state index contributed by atoms with van der Waals surface area (Å²) in [6.45, 7) is 1.08. The van der Waals surface area contributed by atoms with Gasteiger partial charge in [0.05, 0.1) is 10.0 Å². The largest absolute Gasteiger partial charge is 0.320 e. The van der Waals surface area contributed by atoms with Gasteiger partial charge in [-0.3, -0.25) is 0 Å². The summed E-state index contributed by atoms with van der Waals surface area (Å²) in [6.07, 6.45) is 0.697. The van der Waals surface area contributed by atoms with Crippen molar-refractivity contribution in [2.24, 2.45) is 0 Å². The van der Waals surface area contributed by atoms with E-state index in [4.69, 9.17) is 23.2 Å². The van der Waals surface area contributed by atoms with Crippen LogP contribution in [0, 0.1) is 0 Å². The van der Waals surface area contributed by atoms with Crippen LogP contribution in [0.2, 0.25) is 10.0 Å². The van der Waals surface area contributed by atoms with Crippen molar-refractivity contribution >= 4 is 49.2 Å². The topological polar surface area (TPSA) is 58.2 Å². The standard InChI is InChI=1S/C10H13BrCl2N2O2S/c1-14-3-2-4-15-18(16,17)10-5-7(11)8(12)6-9(10)13/h5-6,14-15H,2-4H2,1H3. The molecule has 0 atom stereocenters. The third-order valence-electron chi connectivity index (χ3n) is 2.16. The van der Waals surface area contributed by atoms with Gasteiger partial charge in [-0.25, -0.2) is 13.1 Å². The van der Waals surface area contributed by atoms with E-state index in [2.05, 4.69) is 26.0 Å². The Labute approximate surface area is 125 Å². The lowest BCUT2D eigenvalue weighted by atomic mass is 10.4. The summed E-state index contributed by atoms with van der Waals surface area (Å²) >= 11 is 14.9. The van der Waals surface area contributed by atoms with Crippen LogP contribution in [0.5, 0.6) is 0 Å². The Morgan fingerprint density at radius 3 is 2.50 bits per heavy atom. The van der Waals surface area contributed by atoms with Gasteiger partial charge in [0.25, 0.3) is 0 Å². The Kier molecular flexibility index (Phi) is 6.37. The van der Waals surface area contributed by atoms with Crippen LogP contribution in [0.25, 0.3) is 0 Å². The summed E-state index contributed by atoms with van der Waals surface area (Å²) in [5, 5.41) is 3.41. The van der Waals surface area contributed by atoms with Gasteiger partial charge in [0.2, 0.25) is 10.0 Å². The maximum absolute atomic E-state index is 12.0. The monoisotopic (exact) mass is 374 g/mol. The molecule has 0 heterocycles. The summed E-state index contributed by atoms with van der Waals surface area (Å²) in [5.41, 5.74) is 0. The van der Waals surface area contributed by atoms with Crippen molar-refractivity contribution in [2.45, 2.75) is 11.3 Å². The van der Waals surface area contributed by atoms with Crippen LogP contribution in [0.3, 0.4) is 0 Å². The van der Waals surface area contributed by atoms with Gasteiger partial charge in [-0.05, 0) is 48.1 Å². The van der Waals surface area contributed by atoms with Crippen LogP contribution < -0.4 is 10.0 Å². The van der Waals surface area contributed by atoms with Gasteiger partial charge in [0, 0.05) is 11.0 Å². The third-order valence-corrected chi connectivity index (χ3v) is 5.28. The molecule has 0 unspecified atom stereocenters. The molecule has 18 heavy (non-hydrogen) atoms. The quantitative estimate of drug-likeness (QED) is 0.593. The molecule has 2 N–H and O–H groups in total. The second-order valence-corrected chi connectivity index (χ2v) is 6.96. The van der Waals surface area contributed by atoms with E-state index in [0.717, 1.165) is 6.54 Å². The lowest BCUT2D eigenvalue weighted by Gasteiger charge is -2.09. The Morgan fingerprint density at radius 2 is 1.89 bits per heavy atom. The number of rotatable bonds is 6. The predicted molar refractivity (Wildman–Crippen MR) is 77.9 cm³/mol. The zero-order valence-corrected chi connectivity index (χ0v) is 13.5. The Bertz CT molecular complexity index is 523. The van der Waals surface area contributed by atoms with Crippen LogP contribution >= 0.6 is 39.1 Å². The number of hydrogen-bond donors (Lipinski definition) is 2. The van der Waals surface area contributed by atoms with Gasteiger partial charge in [0.15, 0.2) is 0 Å². The van der Waals surface area contributed by atoms with Crippen molar-refractivity contribution in [3.8, 4) is 0 Å². The minimum absolute atomic E-state index is 0.0184. The molecule has 0 saturated carbocycles. The van der Waals surface area contributed by atoms with Crippen molar-refractivity contribution < 1.29 is 8.42 Å². The molecule has 0 aliphatic heterocycles. The Morgan fingerprint density at radius 1 is 1.22 bits per heavy atom. The molecule has 1 aromatic carbocycles. The van der Waals surface area contributed by atoms with Crippen molar-refractivity contribution in [1.82, 2.24) is 10.0 Å². The van der Waals surface area contributed by atoms with E-state index in [1.165, 1.54) is 12.1 Å². The molecular weight excluding hydrogens is 363 g/mol. The van der Waals surface area contributed by atoms with Crippen molar-refractivity contribution in [3.63, 3.8) is 0 Å². The molecule has 0 aromatic heterocycles. The molecule has 0 aliphatic rings. The van der Waals surface area contributed by atoms with Crippen molar-refractivity contribution in [3.05, 3.63) is 26.7 Å². The van der Waals surface area contributed by atoms with Gasteiger partial charge in [-0.2, -0.15) is 0 Å². The minimum Gasteiger partial charge on any atom is -0.320 e. The van der Waals surface area contributed by atoms with E-state index in [9.17, 15) is 8.42 Å². The molecule has 4 nitrogen and oxygen atoms in total. The number of nitrogens with one attached hydrogen (secondary N) is 2. The van der Waals surface area contributed by atoms with Crippen LogP contribution in [0.1, 0.15) is 6.42 Å². The third kappa shape index (κ3) is 4.36. The number of sulfonamides is 1. The highest BCUT2D eigenvalue weighted by molar-refractivity contribution is 9.10. The summed E-state index contributed by atoms with van der Waals surface area (Å²) in [7, 11) is -1.80. The SMILES string of the molecule is CNCCCNS(=O)(=O)c1cc(Br)c(Cl)cc1Cl. The molecule has 1 aromatic rings. The summed E-state index contributed by atoms with van der Waals surface area (Å²) in [6, 6.07) is 2.79. The lowest BCUT2D eigenvalue weighted by molar-refractivity contribution is 0.577. The van der Waals surface area contributed by atoms with E-state index in [1.54, 1.807) is 0 Å². The normalized spacial score (nSPS) is 11.8. The summed E-state index contributed by atoms with van der Waals surface area (Å²) in [4.78, 5) is 0.0184. The summed E-state index contributed by atoms with van der Waals surface area (Å²) in [5.74, 6) is 0. The van der Waals surface area contributed by atoms with Gasteiger partial charge >= 0.3 is 0 Å². The average Bonchev–Trinajstić information content (AvgIpc) is 2.29. The zero-order chi connectivity index (χ0) is 13.8. The fraction of sp³-hybridized carbons (Fsp3) is 0.400. The fourth-order valence-corrected chi connectivity index (χ4v) is 3.60. The van der Waals surface area contributed by atoms with Crippen LogP contribution in [-0.2, 0) is 10.0 Å². The number of benzene rings is 1. The molecule has 0 fully saturated rings. The maximum atomic E-state index is 12.0. The molecule has 1 rings (SSSR count). The second kappa shape index (κ2) is 7.07. The van der Waals surface area contributed by atoms with Gasteiger partial charge < -0.3 is 5.32 Å². The molecule has 0 amide bonds. The second-order valence-electron chi connectivity index (χ2n) is 3.55. The highest BCUT2D eigenvalue weighted by Gasteiger charge is 2.19.